The normalized spacial score (nSPS) is 10.7. The van der Waals surface area contributed by atoms with Gasteiger partial charge in [-0.25, -0.2) is 9.37 Å². The zero-order valence-corrected chi connectivity index (χ0v) is 9.86. The number of aryl methyl sites for hydroxylation is 1. The molecule has 0 spiro atoms. The summed E-state index contributed by atoms with van der Waals surface area (Å²) in [4.78, 5) is 4.25. The fourth-order valence-electron chi connectivity index (χ4n) is 1.67. The van der Waals surface area contributed by atoms with Crippen molar-refractivity contribution in [3.8, 4) is 0 Å². The molecule has 0 radical (unpaired) electrons. The summed E-state index contributed by atoms with van der Waals surface area (Å²) in [6.45, 7) is 1.62. The Labute approximate surface area is 100 Å². The van der Waals surface area contributed by atoms with Crippen LogP contribution >= 0.6 is 0 Å². The van der Waals surface area contributed by atoms with Crippen LogP contribution < -0.4 is 5.32 Å². The Morgan fingerprint density at radius 3 is 2.71 bits per heavy atom. The molecule has 0 unspecified atom stereocenters. The molecule has 4 heteroatoms. The number of nitrogens with one attached hydrogen (secondary N) is 1. The number of benzene rings is 1. The average Bonchev–Trinajstić information content (AvgIpc) is 2.73. The van der Waals surface area contributed by atoms with E-state index in [1.807, 2.05) is 17.8 Å². The van der Waals surface area contributed by atoms with Gasteiger partial charge in [-0.15, -0.1) is 0 Å². The number of rotatable bonds is 5. The summed E-state index contributed by atoms with van der Waals surface area (Å²) in [7, 11) is 1.99. The van der Waals surface area contributed by atoms with Gasteiger partial charge in [0, 0.05) is 39.0 Å². The van der Waals surface area contributed by atoms with E-state index in [4.69, 9.17) is 0 Å². The van der Waals surface area contributed by atoms with Crippen LogP contribution in [0.3, 0.4) is 0 Å². The molecule has 0 fully saturated rings. The first-order valence-electron chi connectivity index (χ1n) is 5.67. The van der Waals surface area contributed by atoms with Crippen molar-refractivity contribution in [1.29, 1.82) is 0 Å². The van der Waals surface area contributed by atoms with Gasteiger partial charge in [0.1, 0.15) is 11.6 Å². The second-order valence-electron chi connectivity index (χ2n) is 4.01. The molecule has 0 amide bonds. The van der Waals surface area contributed by atoms with Crippen LogP contribution in [0.4, 0.5) is 4.39 Å². The third kappa shape index (κ3) is 3.39. The molecule has 1 heterocycles. The average molecular weight is 233 g/mol. The lowest BCUT2D eigenvalue weighted by Crippen LogP contribution is -2.18. The van der Waals surface area contributed by atoms with E-state index in [1.54, 1.807) is 18.3 Å². The Hall–Kier alpha value is -1.68. The summed E-state index contributed by atoms with van der Waals surface area (Å²) in [5.41, 5.74) is 1.09. The first-order chi connectivity index (χ1) is 8.25. The molecule has 0 atom stereocenters. The largest absolute Gasteiger partial charge is 0.338 e. The Balaban J connectivity index is 1.73. The van der Waals surface area contributed by atoms with E-state index in [0.717, 1.165) is 30.9 Å². The van der Waals surface area contributed by atoms with E-state index in [9.17, 15) is 4.39 Å². The minimum absolute atomic E-state index is 0.193. The van der Waals surface area contributed by atoms with Gasteiger partial charge in [0.05, 0.1) is 0 Å². The lowest BCUT2D eigenvalue weighted by Gasteiger charge is -2.05. The van der Waals surface area contributed by atoms with Gasteiger partial charge in [-0.1, -0.05) is 12.1 Å². The molecule has 0 aliphatic rings. The number of halogens is 1. The van der Waals surface area contributed by atoms with Crippen LogP contribution in [-0.2, 0) is 20.0 Å². The molecular formula is C13H16FN3. The van der Waals surface area contributed by atoms with Crippen molar-refractivity contribution in [3.05, 3.63) is 53.9 Å². The fraction of sp³-hybridized carbons (Fsp3) is 0.308. The molecule has 0 saturated carbocycles. The first kappa shape index (κ1) is 11.8. The van der Waals surface area contributed by atoms with Crippen LogP contribution in [-0.4, -0.2) is 16.1 Å². The van der Waals surface area contributed by atoms with Gasteiger partial charge < -0.3 is 9.88 Å². The third-order valence-corrected chi connectivity index (χ3v) is 2.69. The number of hydrogen-bond acceptors (Lipinski definition) is 2. The monoisotopic (exact) mass is 233 g/mol. The van der Waals surface area contributed by atoms with Gasteiger partial charge in [0.15, 0.2) is 0 Å². The highest BCUT2D eigenvalue weighted by atomic mass is 19.1. The molecule has 90 valence electrons. The number of hydrogen-bond donors (Lipinski definition) is 1. The van der Waals surface area contributed by atoms with Crippen molar-refractivity contribution < 1.29 is 4.39 Å². The maximum absolute atomic E-state index is 12.7. The third-order valence-electron chi connectivity index (χ3n) is 2.69. The predicted molar refractivity (Wildman–Crippen MR) is 65.0 cm³/mol. The van der Waals surface area contributed by atoms with Crippen LogP contribution in [0.1, 0.15) is 11.4 Å². The summed E-state index contributed by atoms with van der Waals surface area (Å²) in [5.74, 6) is 0.873. The van der Waals surface area contributed by atoms with E-state index in [0.29, 0.717) is 0 Å². The van der Waals surface area contributed by atoms with Crippen LogP contribution in [0.25, 0.3) is 0 Å². The first-order valence-corrected chi connectivity index (χ1v) is 5.67. The van der Waals surface area contributed by atoms with Crippen molar-refractivity contribution in [2.45, 2.75) is 13.0 Å². The van der Waals surface area contributed by atoms with Gasteiger partial charge in [0.2, 0.25) is 0 Å². The molecule has 0 aliphatic carbocycles. The molecule has 2 rings (SSSR count). The highest BCUT2D eigenvalue weighted by molar-refractivity contribution is 5.15. The molecule has 0 aliphatic heterocycles. The number of aromatic nitrogens is 2. The standard InChI is InChI=1S/C13H16FN3/c1-17-9-8-16-13(17)6-7-15-10-11-2-4-12(14)5-3-11/h2-5,8-9,15H,6-7,10H2,1H3. The summed E-state index contributed by atoms with van der Waals surface area (Å²) >= 11 is 0. The zero-order valence-electron chi connectivity index (χ0n) is 9.86. The highest BCUT2D eigenvalue weighted by Gasteiger charge is 1.98. The Kier molecular flexibility index (Phi) is 3.88. The summed E-state index contributed by atoms with van der Waals surface area (Å²) in [6.07, 6.45) is 4.63. The molecule has 2 aromatic rings. The molecule has 1 aromatic heterocycles. The predicted octanol–water partition coefficient (Wildman–Crippen LogP) is 1.89. The lowest BCUT2D eigenvalue weighted by molar-refractivity contribution is 0.623. The SMILES string of the molecule is Cn1ccnc1CCNCc1ccc(F)cc1. The summed E-state index contributed by atoms with van der Waals surface area (Å²) < 4.78 is 14.7. The Morgan fingerprint density at radius 2 is 2.06 bits per heavy atom. The van der Waals surface area contributed by atoms with Crippen LogP contribution in [0.2, 0.25) is 0 Å². The van der Waals surface area contributed by atoms with Crippen LogP contribution in [0.5, 0.6) is 0 Å². The van der Waals surface area contributed by atoms with E-state index in [1.165, 1.54) is 12.1 Å². The number of nitrogens with zero attached hydrogens (tertiary/aromatic N) is 2. The van der Waals surface area contributed by atoms with Crippen molar-refractivity contribution in [1.82, 2.24) is 14.9 Å². The molecule has 0 saturated heterocycles. The lowest BCUT2D eigenvalue weighted by atomic mass is 10.2. The molecular weight excluding hydrogens is 217 g/mol. The smallest absolute Gasteiger partial charge is 0.123 e. The van der Waals surface area contributed by atoms with Gasteiger partial charge in [-0.2, -0.15) is 0 Å². The summed E-state index contributed by atoms with van der Waals surface area (Å²) in [6, 6.07) is 6.55. The van der Waals surface area contributed by atoms with Crippen molar-refractivity contribution in [2.24, 2.45) is 7.05 Å². The maximum Gasteiger partial charge on any atom is 0.123 e. The van der Waals surface area contributed by atoms with Crippen molar-refractivity contribution in [3.63, 3.8) is 0 Å². The Morgan fingerprint density at radius 1 is 1.29 bits per heavy atom. The molecule has 0 bridgehead atoms. The quantitative estimate of drug-likeness (QED) is 0.799. The number of imidazole rings is 1. The van der Waals surface area contributed by atoms with Crippen LogP contribution in [0.15, 0.2) is 36.7 Å². The minimum atomic E-state index is -0.193. The highest BCUT2D eigenvalue weighted by Crippen LogP contribution is 2.02. The van der Waals surface area contributed by atoms with Crippen molar-refractivity contribution in [2.75, 3.05) is 6.54 Å². The second kappa shape index (κ2) is 5.59. The van der Waals surface area contributed by atoms with Gasteiger partial charge in [0.25, 0.3) is 0 Å². The molecule has 1 aromatic carbocycles. The van der Waals surface area contributed by atoms with Gasteiger partial charge in [-0.05, 0) is 17.7 Å². The van der Waals surface area contributed by atoms with Crippen molar-refractivity contribution >= 4 is 0 Å². The molecule has 1 N–H and O–H groups in total. The topological polar surface area (TPSA) is 29.9 Å². The van der Waals surface area contributed by atoms with E-state index < -0.39 is 0 Å². The fourth-order valence-corrected chi connectivity index (χ4v) is 1.67. The van der Waals surface area contributed by atoms with E-state index in [-0.39, 0.29) is 5.82 Å². The van der Waals surface area contributed by atoms with Gasteiger partial charge >= 0.3 is 0 Å². The Bertz CT molecular complexity index is 462. The van der Waals surface area contributed by atoms with E-state index >= 15 is 0 Å². The minimum Gasteiger partial charge on any atom is -0.338 e. The van der Waals surface area contributed by atoms with Crippen LogP contribution in [0, 0.1) is 5.82 Å². The molecule has 3 nitrogen and oxygen atoms in total. The van der Waals surface area contributed by atoms with Gasteiger partial charge in [-0.3, -0.25) is 0 Å². The van der Waals surface area contributed by atoms with E-state index in [2.05, 4.69) is 10.3 Å². The zero-order chi connectivity index (χ0) is 12.1. The maximum atomic E-state index is 12.7. The second-order valence-corrected chi connectivity index (χ2v) is 4.01. The summed E-state index contributed by atoms with van der Waals surface area (Å²) in [5, 5.41) is 3.31. The molecule has 17 heavy (non-hydrogen) atoms.